The lowest BCUT2D eigenvalue weighted by Crippen LogP contribution is -2.35. The molecule has 9 nitrogen and oxygen atoms in total. The Kier molecular flexibility index (Phi) is 7.75. The van der Waals surface area contributed by atoms with Crippen molar-refractivity contribution >= 4 is 45.0 Å². The van der Waals surface area contributed by atoms with E-state index in [1.54, 1.807) is 7.11 Å². The molecular formula is C22H27ClN6O3S. The number of hydrogen-bond donors (Lipinski definition) is 3. The minimum absolute atomic E-state index is 0.184. The van der Waals surface area contributed by atoms with Crippen molar-refractivity contribution in [2.45, 2.75) is 20.4 Å². The van der Waals surface area contributed by atoms with Crippen LogP contribution < -0.4 is 20.1 Å². The summed E-state index contributed by atoms with van der Waals surface area (Å²) in [7, 11) is 1.12. The van der Waals surface area contributed by atoms with E-state index < -0.39 is 10.2 Å². The molecule has 0 aliphatic rings. The first-order valence-corrected chi connectivity index (χ1v) is 11.9. The van der Waals surface area contributed by atoms with Crippen molar-refractivity contribution < 1.29 is 13.2 Å². The number of rotatable bonds is 9. The van der Waals surface area contributed by atoms with Gasteiger partial charge in [0.25, 0.3) is 10.2 Å². The summed E-state index contributed by atoms with van der Waals surface area (Å²) in [6.45, 7) is 4.13. The van der Waals surface area contributed by atoms with E-state index in [0.29, 0.717) is 16.8 Å². The van der Waals surface area contributed by atoms with Gasteiger partial charge in [-0.3, -0.25) is 0 Å². The summed E-state index contributed by atoms with van der Waals surface area (Å²) >= 11 is 6.29. The van der Waals surface area contributed by atoms with Crippen LogP contribution in [0.1, 0.15) is 16.7 Å². The molecule has 0 atom stereocenters. The molecule has 2 aromatic carbocycles. The van der Waals surface area contributed by atoms with Crippen molar-refractivity contribution in [3.05, 3.63) is 64.3 Å². The van der Waals surface area contributed by atoms with E-state index in [2.05, 4.69) is 25.3 Å². The number of methoxy groups -OCH3 is 1. The standard InChI is InChI=1S/C22H27ClN6O3S/c1-14-10-18(11-15(2)20(14)32-5)27-22-24-13-19(23)21(28-22)26-17-8-6-16(7-9-17)12-25-33(30,31)29(3)4/h6-11,13,25H,12H2,1-5H3,(H2,24,26,27,28). The van der Waals surface area contributed by atoms with Gasteiger partial charge in [0.05, 0.1) is 13.3 Å². The molecule has 3 N–H and O–H groups in total. The summed E-state index contributed by atoms with van der Waals surface area (Å²) in [5.41, 5.74) is 4.40. The SMILES string of the molecule is COc1c(C)cc(Nc2ncc(Cl)c(Nc3ccc(CNS(=O)(=O)N(C)C)cc3)n2)cc1C. The fourth-order valence-electron chi connectivity index (χ4n) is 3.13. The Morgan fingerprint density at radius 1 is 1.03 bits per heavy atom. The molecule has 33 heavy (non-hydrogen) atoms. The Bertz CT molecular complexity index is 1210. The lowest BCUT2D eigenvalue weighted by molar-refractivity contribution is 0.408. The number of nitrogens with one attached hydrogen (secondary N) is 3. The summed E-state index contributed by atoms with van der Waals surface area (Å²) < 4.78 is 32.7. The molecule has 0 saturated heterocycles. The molecule has 0 fully saturated rings. The average molecular weight is 491 g/mol. The van der Waals surface area contributed by atoms with Crippen LogP contribution >= 0.6 is 11.6 Å². The van der Waals surface area contributed by atoms with Crippen LogP contribution in [0.5, 0.6) is 5.75 Å². The van der Waals surface area contributed by atoms with Gasteiger partial charge < -0.3 is 15.4 Å². The Morgan fingerprint density at radius 2 is 1.67 bits per heavy atom. The van der Waals surface area contributed by atoms with Crippen molar-refractivity contribution in [2.75, 3.05) is 31.8 Å². The van der Waals surface area contributed by atoms with Crippen LogP contribution in [0.15, 0.2) is 42.6 Å². The van der Waals surface area contributed by atoms with Gasteiger partial charge in [0, 0.05) is 32.0 Å². The van der Waals surface area contributed by atoms with Crippen LogP contribution in [0.25, 0.3) is 0 Å². The maximum atomic E-state index is 11.8. The molecule has 1 heterocycles. The minimum atomic E-state index is -3.48. The largest absolute Gasteiger partial charge is 0.496 e. The van der Waals surface area contributed by atoms with E-state index in [0.717, 1.165) is 38.1 Å². The van der Waals surface area contributed by atoms with Gasteiger partial charge in [-0.1, -0.05) is 23.7 Å². The van der Waals surface area contributed by atoms with Gasteiger partial charge in [-0.25, -0.2) is 4.98 Å². The Hall–Kier alpha value is -2.92. The Balaban J connectivity index is 1.71. The predicted molar refractivity (Wildman–Crippen MR) is 132 cm³/mol. The molecule has 11 heteroatoms. The zero-order valence-corrected chi connectivity index (χ0v) is 20.7. The molecule has 3 rings (SSSR count). The van der Waals surface area contributed by atoms with Crippen molar-refractivity contribution in [2.24, 2.45) is 0 Å². The third-order valence-electron chi connectivity index (χ3n) is 4.82. The van der Waals surface area contributed by atoms with Crippen LogP contribution in [-0.2, 0) is 16.8 Å². The number of aryl methyl sites for hydroxylation is 2. The molecule has 0 saturated carbocycles. The maximum Gasteiger partial charge on any atom is 0.279 e. The van der Waals surface area contributed by atoms with Crippen molar-refractivity contribution in [3.8, 4) is 5.75 Å². The van der Waals surface area contributed by atoms with Gasteiger partial charge in [0.15, 0.2) is 5.82 Å². The molecular weight excluding hydrogens is 464 g/mol. The zero-order chi connectivity index (χ0) is 24.2. The molecule has 0 spiro atoms. The zero-order valence-electron chi connectivity index (χ0n) is 19.1. The fraction of sp³-hybridized carbons (Fsp3) is 0.273. The van der Waals surface area contributed by atoms with Crippen molar-refractivity contribution in [1.29, 1.82) is 0 Å². The minimum Gasteiger partial charge on any atom is -0.496 e. The summed E-state index contributed by atoms with van der Waals surface area (Å²) in [6.07, 6.45) is 1.52. The normalized spacial score (nSPS) is 11.5. The van der Waals surface area contributed by atoms with Gasteiger partial charge >= 0.3 is 0 Å². The molecule has 0 radical (unpaired) electrons. The smallest absolute Gasteiger partial charge is 0.279 e. The highest BCUT2D eigenvalue weighted by atomic mass is 35.5. The third-order valence-corrected chi connectivity index (χ3v) is 6.57. The quantitative estimate of drug-likeness (QED) is 0.413. The first-order chi connectivity index (χ1) is 15.6. The molecule has 3 aromatic rings. The number of aromatic nitrogens is 2. The maximum absolute atomic E-state index is 11.8. The molecule has 176 valence electrons. The molecule has 1 aromatic heterocycles. The second kappa shape index (κ2) is 10.3. The summed E-state index contributed by atoms with van der Waals surface area (Å²) in [5, 5.41) is 6.73. The lowest BCUT2D eigenvalue weighted by Gasteiger charge is -2.14. The van der Waals surface area contributed by atoms with Crippen LogP contribution in [0, 0.1) is 13.8 Å². The molecule has 0 unspecified atom stereocenters. The molecule has 0 amide bonds. The van der Waals surface area contributed by atoms with Crippen molar-refractivity contribution in [1.82, 2.24) is 19.0 Å². The Labute approximate surface area is 199 Å². The number of halogens is 1. The van der Waals surface area contributed by atoms with Crippen LogP contribution in [-0.4, -0.2) is 43.9 Å². The van der Waals surface area contributed by atoms with Gasteiger partial charge in [-0.15, -0.1) is 0 Å². The van der Waals surface area contributed by atoms with E-state index >= 15 is 0 Å². The second-order valence-corrected chi connectivity index (χ2v) is 9.97. The fourth-order valence-corrected chi connectivity index (χ4v) is 3.88. The van der Waals surface area contributed by atoms with Gasteiger partial charge in [0.2, 0.25) is 5.95 Å². The number of benzene rings is 2. The third kappa shape index (κ3) is 6.32. The van der Waals surface area contributed by atoms with Crippen LogP contribution in [0.2, 0.25) is 5.02 Å². The van der Waals surface area contributed by atoms with E-state index in [1.165, 1.54) is 20.3 Å². The number of ether oxygens (including phenoxy) is 1. The second-order valence-electron chi connectivity index (χ2n) is 7.59. The van der Waals surface area contributed by atoms with Crippen LogP contribution in [0.3, 0.4) is 0 Å². The highest BCUT2D eigenvalue weighted by molar-refractivity contribution is 7.87. The average Bonchev–Trinajstić information content (AvgIpc) is 2.75. The predicted octanol–water partition coefficient (Wildman–Crippen LogP) is 4.14. The van der Waals surface area contributed by atoms with E-state index in [-0.39, 0.29) is 6.54 Å². The van der Waals surface area contributed by atoms with Gasteiger partial charge in [0.1, 0.15) is 10.8 Å². The first-order valence-electron chi connectivity index (χ1n) is 10.1. The Morgan fingerprint density at radius 3 is 2.24 bits per heavy atom. The summed E-state index contributed by atoms with van der Waals surface area (Å²) in [4.78, 5) is 8.74. The number of nitrogens with zero attached hydrogens (tertiary/aromatic N) is 3. The molecule has 0 aliphatic carbocycles. The van der Waals surface area contributed by atoms with E-state index in [4.69, 9.17) is 16.3 Å². The first kappa shape index (κ1) is 24.7. The summed E-state index contributed by atoms with van der Waals surface area (Å²) in [5.74, 6) is 1.68. The summed E-state index contributed by atoms with van der Waals surface area (Å²) in [6, 6.07) is 11.2. The topological polar surface area (TPSA) is 108 Å². The molecule has 0 bridgehead atoms. The number of anilines is 4. The monoisotopic (exact) mass is 490 g/mol. The van der Waals surface area contributed by atoms with Crippen molar-refractivity contribution in [3.63, 3.8) is 0 Å². The highest BCUT2D eigenvalue weighted by Gasteiger charge is 2.12. The molecule has 0 aliphatic heterocycles. The van der Waals surface area contributed by atoms with Crippen LogP contribution in [0.4, 0.5) is 23.1 Å². The van der Waals surface area contributed by atoms with Gasteiger partial charge in [-0.2, -0.15) is 22.4 Å². The van der Waals surface area contributed by atoms with Gasteiger partial charge in [-0.05, 0) is 54.8 Å². The van der Waals surface area contributed by atoms with E-state index in [9.17, 15) is 8.42 Å². The lowest BCUT2D eigenvalue weighted by atomic mass is 10.1. The highest BCUT2D eigenvalue weighted by Crippen LogP contribution is 2.29. The number of hydrogen-bond acceptors (Lipinski definition) is 7. The van der Waals surface area contributed by atoms with E-state index in [1.807, 2.05) is 50.2 Å².